The van der Waals surface area contributed by atoms with Crippen LogP contribution in [-0.4, -0.2) is 18.6 Å². The number of nitrogens with one attached hydrogen (secondary N) is 2. The van der Waals surface area contributed by atoms with Crippen molar-refractivity contribution in [2.45, 2.75) is 46.5 Å². The molecule has 0 aromatic carbocycles. The van der Waals surface area contributed by atoms with E-state index in [2.05, 4.69) is 36.4 Å². The van der Waals surface area contributed by atoms with Crippen LogP contribution in [0.2, 0.25) is 0 Å². The van der Waals surface area contributed by atoms with Crippen LogP contribution in [0, 0.1) is 5.41 Å². The van der Waals surface area contributed by atoms with Crippen LogP contribution in [0.15, 0.2) is 18.2 Å². The Morgan fingerprint density at radius 1 is 1.17 bits per heavy atom. The average Bonchev–Trinajstić information content (AvgIpc) is 2.37. The second-order valence-corrected chi connectivity index (χ2v) is 5.63. The van der Waals surface area contributed by atoms with Crippen LogP contribution < -0.4 is 10.6 Å². The fourth-order valence-corrected chi connectivity index (χ4v) is 1.94. The van der Waals surface area contributed by atoms with Crippen LogP contribution in [0.25, 0.3) is 0 Å². The van der Waals surface area contributed by atoms with Crippen molar-refractivity contribution in [2.24, 2.45) is 5.41 Å². The molecule has 2 N–H and O–H groups in total. The topological polar surface area (TPSA) is 37.0 Å². The molecule has 3 nitrogen and oxygen atoms in total. The van der Waals surface area contributed by atoms with Crippen LogP contribution >= 0.6 is 0 Å². The van der Waals surface area contributed by atoms with Gasteiger partial charge in [0.15, 0.2) is 0 Å². The van der Waals surface area contributed by atoms with Gasteiger partial charge in [0, 0.05) is 13.6 Å². The van der Waals surface area contributed by atoms with E-state index in [1.807, 2.05) is 25.2 Å². The molecule has 1 heterocycles. The third kappa shape index (κ3) is 5.39. The molecule has 1 rings (SSSR count). The van der Waals surface area contributed by atoms with Crippen molar-refractivity contribution in [1.29, 1.82) is 0 Å². The van der Waals surface area contributed by atoms with Crippen LogP contribution in [0.5, 0.6) is 0 Å². The number of hydrogen-bond acceptors (Lipinski definition) is 3. The van der Waals surface area contributed by atoms with Crippen molar-refractivity contribution in [3.05, 3.63) is 18.2 Å². The van der Waals surface area contributed by atoms with Gasteiger partial charge in [0.25, 0.3) is 0 Å². The zero-order valence-corrected chi connectivity index (χ0v) is 12.2. The number of anilines is 2. The summed E-state index contributed by atoms with van der Waals surface area (Å²) in [6.45, 7) is 7.85. The van der Waals surface area contributed by atoms with E-state index >= 15 is 0 Å². The van der Waals surface area contributed by atoms with Crippen molar-refractivity contribution in [2.75, 3.05) is 24.2 Å². The summed E-state index contributed by atoms with van der Waals surface area (Å²) in [6.07, 6.45) is 5.20. The lowest BCUT2D eigenvalue weighted by Crippen LogP contribution is -2.23. The van der Waals surface area contributed by atoms with Gasteiger partial charge in [-0.1, -0.05) is 46.1 Å². The van der Waals surface area contributed by atoms with E-state index < -0.39 is 0 Å². The third-order valence-corrected chi connectivity index (χ3v) is 3.21. The molecule has 0 bridgehead atoms. The van der Waals surface area contributed by atoms with E-state index in [0.29, 0.717) is 5.41 Å². The standard InChI is InChI=1S/C15H27N3/c1-5-6-7-11-15(2,3)12-17-14-10-8-9-13(16-4)18-14/h8-10H,5-7,11-12H2,1-4H3,(H2,16,17,18). The van der Waals surface area contributed by atoms with Gasteiger partial charge in [-0.2, -0.15) is 0 Å². The summed E-state index contributed by atoms with van der Waals surface area (Å²) in [5.74, 6) is 1.86. The molecule has 18 heavy (non-hydrogen) atoms. The highest BCUT2D eigenvalue weighted by atomic mass is 15.0. The van der Waals surface area contributed by atoms with Crippen LogP contribution in [-0.2, 0) is 0 Å². The number of rotatable bonds is 8. The highest BCUT2D eigenvalue weighted by Gasteiger charge is 2.17. The fourth-order valence-electron chi connectivity index (χ4n) is 1.94. The lowest BCUT2D eigenvalue weighted by molar-refractivity contribution is 0.342. The van der Waals surface area contributed by atoms with Gasteiger partial charge in [-0.05, 0) is 24.0 Å². The summed E-state index contributed by atoms with van der Waals surface area (Å²) in [7, 11) is 1.89. The molecule has 0 saturated heterocycles. The van der Waals surface area contributed by atoms with Gasteiger partial charge in [-0.3, -0.25) is 0 Å². The zero-order valence-electron chi connectivity index (χ0n) is 12.2. The fraction of sp³-hybridized carbons (Fsp3) is 0.667. The number of aromatic nitrogens is 1. The molecule has 0 amide bonds. The Balaban J connectivity index is 2.42. The first-order chi connectivity index (χ1) is 8.57. The molecule has 0 unspecified atom stereocenters. The smallest absolute Gasteiger partial charge is 0.128 e. The maximum Gasteiger partial charge on any atom is 0.128 e. The molecule has 0 spiro atoms. The molecule has 0 aliphatic heterocycles. The number of hydrogen-bond donors (Lipinski definition) is 2. The normalized spacial score (nSPS) is 11.3. The summed E-state index contributed by atoms with van der Waals surface area (Å²) in [6, 6.07) is 6.01. The first-order valence-corrected chi connectivity index (χ1v) is 6.96. The Bertz CT molecular complexity index is 347. The average molecular weight is 249 g/mol. The van der Waals surface area contributed by atoms with Crippen LogP contribution in [0.3, 0.4) is 0 Å². The highest BCUT2D eigenvalue weighted by molar-refractivity contribution is 5.44. The van der Waals surface area contributed by atoms with Crippen molar-refractivity contribution in [1.82, 2.24) is 4.98 Å². The summed E-state index contributed by atoms with van der Waals surface area (Å²) >= 11 is 0. The van der Waals surface area contributed by atoms with E-state index in [1.54, 1.807) is 0 Å². The molecule has 3 heteroatoms. The molecular weight excluding hydrogens is 222 g/mol. The highest BCUT2D eigenvalue weighted by Crippen LogP contribution is 2.24. The van der Waals surface area contributed by atoms with Gasteiger partial charge in [0.2, 0.25) is 0 Å². The van der Waals surface area contributed by atoms with E-state index in [4.69, 9.17) is 0 Å². The van der Waals surface area contributed by atoms with Gasteiger partial charge in [-0.25, -0.2) is 4.98 Å². The second-order valence-electron chi connectivity index (χ2n) is 5.63. The summed E-state index contributed by atoms with van der Waals surface area (Å²) in [4.78, 5) is 4.47. The minimum absolute atomic E-state index is 0.326. The van der Waals surface area contributed by atoms with Gasteiger partial charge < -0.3 is 10.6 Å². The van der Waals surface area contributed by atoms with E-state index in [0.717, 1.165) is 18.2 Å². The van der Waals surface area contributed by atoms with Gasteiger partial charge in [0.05, 0.1) is 0 Å². The lowest BCUT2D eigenvalue weighted by atomic mass is 9.87. The summed E-state index contributed by atoms with van der Waals surface area (Å²) < 4.78 is 0. The van der Waals surface area contributed by atoms with Gasteiger partial charge in [0.1, 0.15) is 11.6 Å². The summed E-state index contributed by atoms with van der Waals surface area (Å²) in [5, 5.41) is 6.49. The molecule has 0 aliphatic rings. The molecule has 102 valence electrons. The molecule has 0 fully saturated rings. The number of pyridine rings is 1. The Morgan fingerprint density at radius 2 is 1.89 bits per heavy atom. The Morgan fingerprint density at radius 3 is 2.56 bits per heavy atom. The van der Waals surface area contributed by atoms with Crippen molar-refractivity contribution < 1.29 is 0 Å². The Labute approximate surface area is 111 Å². The SMILES string of the molecule is CCCCCC(C)(C)CNc1cccc(NC)n1. The minimum atomic E-state index is 0.326. The summed E-state index contributed by atoms with van der Waals surface area (Å²) in [5.41, 5.74) is 0.326. The largest absolute Gasteiger partial charge is 0.373 e. The molecule has 1 aromatic rings. The first-order valence-electron chi connectivity index (χ1n) is 6.96. The predicted molar refractivity (Wildman–Crippen MR) is 80.2 cm³/mol. The third-order valence-electron chi connectivity index (χ3n) is 3.21. The van der Waals surface area contributed by atoms with Gasteiger partial charge >= 0.3 is 0 Å². The lowest BCUT2D eigenvalue weighted by Gasteiger charge is -2.25. The van der Waals surface area contributed by atoms with Crippen molar-refractivity contribution >= 4 is 11.6 Å². The second kappa shape index (κ2) is 7.24. The zero-order chi connectivity index (χ0) is 13.4. The van der Waals surface area contributed by atoms with E-state index in [1.165, 1.54) is 25.7 Å². The Kier molecular flexibility index (Phi) is 5.96. The maximum atomic E-state index is 4.47. The quantitative estimate of drug-likeness (QED) is 0.680. The van der Waals surface area contributed by atoms with Crippen LogP contribution in [0.1, 0.15) is 46.5 Å². The minimum Gasteiger partial charge on any atom is -0.373 e. The predicted octanol–water partition coefficient (Wildman–Crippen LogP) is 4.14. The van der Waals surface area contributed by atoms with Gasteiger partial charge in [-0.15, -0.1) is 0 Å². The molecule has 1 aromatic heterocycles. The first kappa shape index (κ1) is 14.8. The molecule has 0 saturated carbocycles. The number of unbranched alkanes of at least 4 members (excludes halogenated alkanes) is 2. The Hall–Kier alpha value is -1.25. The van der Waals surface area contributed by atoms with E-state index in [-0.39, 0.29) is 0 Å². The molecule has 0 aliphatic carbocycles. The van der Waals surface area contributed by atoms with Crippen molar-refractivity contribution in [3.8, 4) is 0 Å². The van der Waals surface area contributed by atoms with Crippen molar-refractivity contribution in [3.63, 3.8) is 0 Å². The number of nitrogens with zero attached hydrogens (tertiary/aromatic N) is 1. The monoisotopic (exact) mass is 249 g/mol. The van der Waals surface area contributed by atoms with E-state index in [9.17, 15) is 0 Å². The molecule has 0 atom stereocenters. The molecular formula is C15H27N3. The molecule has 0 radical (unpaired) electrons. The maximum absolute atomic E-state index is 4.47. The van der Waals surface area contributed by atoms with Crippen LogP contribution in [0.4, 0.5) is 11.6 Å².